The molecule has 4 aromatic rings. The van der Waals surface area contributed by atoms with Crippen molar-refractivity contribution in [1.82, 2.24) is 25.3 Å². The van der Waals surface area contributed by atoms with Crippen LogP contribution < -0.4 is 5.32 Å². The van der Waals surface area contributed by atoms with E-state index in [1.54, 1.807) is 0 Å². The minimum absolute atomic E-state index is 0.169. The Balaban J connectivity index is 1.16. The molecule has 0 bridgehead atoms. The number of carbonyl (C=O) groups excluding carboxylic acids is 1. The fourth-order valence-electron chi connectivity index (χ4n) is 4.63. The Morgan fingerprint density at radius 2 is 1.47 bits per heavy atom. The third kappa shape index (κ3) is 6.05. The first-order chi connectivity index (χ1) is 17.7. The molecule has 0 aliphatic carbocycles. The number of nitrogens with zero attached hydrogens (tertiary/aromatic N) is 4. The van der Waals surface area contributed by atoms with Crippen molar-refractivity contribution in [2.45, 2.75) is 26.1 Å². The highest BCUT2D eigenvalue weighted by atomic mass is 32.1. The van der Waals surface area contributed by atoms with E-state index in [2.05, 4.69) is 92.9 Å². The largest absolute Gasteiger partial charge is 0.346 e. The summed E-state index contributed by atoms with van der Waals surface area (Å²) in [6, 6.07) is 29.9. The van der Waals surface area contributed by atoms with Gasteiger partial charge in [-0.25, -0.2) is 0 Å². The second-order valence-electron chi connectivity index (χ2n) is 9.21. The number of benzene rings is 3. The first-order valence-electron chi connectivity index (χ1n) is 12.4. The van der Waals surface area contributed by atoms with Crippen molar-refractivity contribution in [2.24, 2.45) is 0 Å². The molecule has 0 spiro atoms. The van der Waals surface area contributed by atoms with E-state index in [-0.39, 0.29) is 11.9 Å². The molecule has 5 rings (SSSR count). The summed E-state index contributed by atoms with van der Waals surface area (Å²) < 4.78 is 0. The Bertz CT molecular complexity index is 1210. The summed E-state index contributed by atoms with van der Waals surface area (Å²) in [6.45, 7) is 7.09. The van der Waals surface area contributed by atoms with Crippen LogP contribution in [0.4, 0.5) is 0 Å². The normalized spacial score (nSPS) is 14.7. The van der Waals surface area contributed by atoms with Crippen LogP contribution in [0.1, 0.15) is 43.1 Å². The van der Waals surface area contributed by atoms with Gasteiger partial charge in [0, 0.05) is 32.7 Å². The van der Waals surface area contributed by atoms with Gasteiger partial charge < -0.3 is 5.32 Å². The van der Waals surface area contributed by atoms with Gasteiger partial charge in [0.2, 0.25) is 5.01 Å². The lowest BCUT2D eigenvalue weighted by Crippen LogP contribution is -2.47. The Morgan fingerprint density at radius 1 is 0.861 bits per heavy atom. The zero-order valence-electron chi connectivity index (χ0n) is 20.5. The first-order valence-corrected chi connectivity index (χ1v) is 13.2. The standard InChI is InChI=1S/C29H31N5OS/c1-22-12-14-23(15-13-22)20-30-28(35)29-32-31-26(36-29)21-33-16-18-34(19-17-33)27(24-8-4-2-5-9-24)25-10-6-3-7-11-25/h2-15,27H,16-21H2,1H3,(H,30,35). The van der Waals surface area contributed by atoms with Gasteiger partial charge in [-0.15, -0.1) is 10.2 Å². The summed E-state index contributed by atoms with van der Waals surface area (Å²) in [5, 5.41) is 12.7. The molecule has 1 N–H and O–H groups in total. The van der Waals surface area contributed by atoms with E-state index < -0.39 is 0 Å². The molecule has 36 heavy (non-hydrogen) atoms. The second kappa shape index (κ2) is 11.6. The smallest absolute Gasteiger partial charge is 0.282 e. The van der Waals surface area contributed by atoms with Gasteiger partial charge in [-0.05, 0) is 23.6 Å². The molecule has 3 aromatic carbocycles. The quantitative estimate of drug-likeness (QED) is 0.383. The van der Waals surface area contributed by atoms with Crippen LogP contribution in [0.3, 0.4) is 0 Å². The van der Waals surface area contributed by atoms with Crippen LogP contribution in [0.15, 0.2) is 84.9 Å². The van der Waals surface area contributed by atoms with Crippen LogP contribution in [-0.4, -0.2) is 52.1 Å². The molecule has 0 saturated carbocycles. The minimum Gasteiger partial charge on any atom is -0.346 e. The molecule has 1 aromatic heterocycles. The van der Waals surface area contributed by atoms with Gasteiger partial charge in [-0.2, -0.15) is 0 Å². The molecule has 1 aliphatic rings. The predicted molar refractivity (Wildman–Crippen MR) is 144 cm³/mol. The summed E-state index contributed by atoms with van der Waals surface area (Å²) in [5.74, 6) is -0.169. The number of carbonyl (C=O) groups is 1. The summed E-state index contributed by atoms with van der Waals surface area (Å²) >= 11 is 1.38. The fourth-order valence-corrected chi connectivity index (χ4v) is 5.43. The maximum absolute atomic E-state index is 12.6. The molecule has 0 unspecified atom stereocenters. The number of rotatable bonds is 8. The molecule has 1 saturated heterocycles. The molecular formula is C29H31N5OS. The van der Waals surface area contributed by atoms with Crippen LogP contribution in [0, 0.1) is 6.92 Å². The Kier molecular flexibility index (Phi) is 7.81. The Hall–Kier alpha value is -3.39. The van der Waals surface area contributed by atoms with Crippen LogP contribution >= 0.6 is 11.3 Å². The average Bonchev–Trinajstić information content (AvgIpc) is 3.39. The van der Waals surface area contributed by atoms with E-state index in [9.17, 15) is 4.79 Å². The third-order valence-corrected chi connectivity index (χ3v) is 7.50. The molecule has 2 heterocycles. The van der Waals surface area contributed by atoms with Crippen LogP contribution in [0.5, 0.6) is 0 Å². The Labute approximate surface area is 216 Å². The highest BCUT2D eigenvalue weighted by Crippen LogP contribution is 2.29. The lowest BCUT2D eigenvalue weighted by atomic mass is 9.96. The summed E-state index contributed by atoms with van der Waals surface area (Å²) in [5.41, 5.74) is 4.92. The lowest BCUT2D eigenvalue weighted by Gasteiger charge is -2.39. The molecule has 7 heteroatoms. The average molecular weight is 498 g/mol. The maximum Gasteiger partial charge on any atom is 0.282 e. The number of nitrogens with one attached hydrogen (secondary N) is 1. The highest BCUT2D eigenvalue weighted by Gasteiger charge is 2.27. The van der Waals surface area contributed by atoms with Gasteiger partial charge in [-0.1, -0.05) is 102 Å². The molecule has 1 aliphatic heterocycles. The predicted octanol–water partition coefficient (Wildman–Crippen LogP) is 4.68. The highest BCUT2D eigenvalue weighted by molar-refractivity contribution is 7.13. The van der Waals surface area contributed by atoms with E-state index in [1.807, 2.05) is 24.3 Å². The van der Waals surface area contributed by atoms with E-state index >= 15 is 0 Å². The molecule has 1 fully saturated rings. The van der Waals surface area contributed by atoms with Crippen molar-refractivity contribution < 1.29 is 4.79 Å². The van der Waals surface area contributed by atoms with Crippen LogP contribution in [0.2, 0.25) is 0 Å². The monoisotopic (exact) mass is 497 g/mol. The molecule has 6 nitrogen and oxygen atoms in total. The summed E-state index contributed by atoms with van der Waals surface area (Å²) in [6.07, 6.45) is 0. The van der Waals surface area contributed by atoms with Crippen LogP contribution in [0.25, 0.3) is 0 Å². The lowest BCUT2D eigenvalue weighted by molar-refractivity contribution is 0.0949. The molecule has 184 valence electrons. The molecular weight excluding hydrogens is 466 g/mol. The van der Waals surface area contributed by atoms with E-state index in [0.29, 0.717) is 11.6 Å². The van der Waals surface area contributed by atoms with Gasteiger partial charge in [0.15, 0.2) is 0 Å². The van der Waals surface area contributed by atoms with E-state index in [0.717, 1.165) is 43.3 Å². The second-order valence-corrected chi connectivity index (χ2v) is 10.3. The van der Waals surface area contributed by atoms with Crippen molar-refractivity contribution in [2.75, 3.05) is 26.2 Å². The SMILES string of the molecule is Cc1ccc(CNC(=O)c2nnc(CN3CCN(C(c4ccccc4)c4ccccc4)CC3)s2)cc1. The van der Waals surface area contributed by atoms with Gasteiger partial charge in [0.1, 0.15) is 5.01 Å². The number of aryl methyl sites for hydroxylation is 1. The zero-order valence-corrected chi connectivity index (χ0v) is 21.3. The van der Waals surface area contributed by atoms with Crippen molar-refractivity contribution in [3.05, 3.63) is 117 Å². The van der Waals surface area contributed by atoms with E-state index in [1.165, 1.54) is 28.0 Å². The minimum atomic E-state index is -0.169. The third-order valence-electron chi connectivity index (χ3n) is 6.60. The van der Waals surface area contributed by atoms with Crippen molar-refractivity contribution in [3.8, 4) is 0 Å². The number of hydrogen-bond donors (Lipinski definition) is 1. The number of hydrogen-bond acceptors (Lipinski definition) is 6. The van der Waals surface area contributed by atoms with Crippen molar-refractivity contribution >= 4 is 17.2 Å². The molecule has 0 radical (unpaired) electrons. The zero-order chi connectivity index (χ0) is 24.7. The number of aromatic nitrogens is 2. The van der Waals surface area contributed by atoms with Crippen molar-refractivity contribution in [1.29, 1.82) is 0 Å². The first kappa shape index (κ1) is 24.3. The number of amides is 1. The fraction of sp³-hybridized carbons (Fsp3) is 0.276. The van der Waals surface area contributed by atoms with Crippen molar-refractivity contribution in [3.63, 3.8) is 0 Å². The van der Waals surface area contributed by atoms with Gasteiger partial charge in [0.05, 0.1) is 12.6 Å². The Morgan fingerprint density at radius 3 is 2.08 bits per heavy atom. The summed E-state index contributed by atoms with van der Waals surface area (Å²) in [4.78, 5) is 17.5. The van der Waals surface area contributed by atoms with Gasteiger partial charge in [0.25, 0.3) is 5.91 Å². The van der Waals surface area contributed by atoms with Gasteiger partial charge >= 0.3 is 0 Å². The topological polar surface area (TPSA) is 61.4 Å². The molecule has 1 amide bonds. The molecule has 0 atom stereocenters. The maximum atomic E-state index is 12.6. The summed E-state index contributed by atoms with van der Waals surface area (Å²) in [7, 11) is 0. The number of piperazine rings is 1. The van der Waals surface area contributed by atoms with E-state index in [4.69, 9.17) is 0 Å². The van der Waals surface area contributed by atoms with Crippen LogP contribution in [-0.2, 0) is 13.1 Å². The van der Waals surface area contributed by atoms with Gasteiger partial charge in [-0.3, -0.25) is 14.6 Å².